The van der Waals surface area contributed by atoms with E-state index in [9.17, 15) is 17.6 Å². The van der Waals surface area contributed by atoms with Crippen LogP contribution in [0.15, 0.2) is 71.9 Å². The summed E-state index contributed by atoms with van der Waals surface area (Å²) in [5, 5.41) is 0.575. The molecule has 0 aliphatic heterocycles. The molecule has 4 rings (SSSR count). The molecule has 2 heterocycles. The van der Waals surface area contributed by atoms with E-state index in [1.807, 2.05) is 24.3 Å². The number of thiazole rings is 1. The van der Waals surface area contributed by atoms with Crippen LogP contribution in [0.5, 0.6) is 0 Å². The van der Waals surface area contributed by atoms with Crippen molar-refractivity contribution in [2.75, 3.05) is 10.7 Å². The van der Waals surface area contributed by atoms with Gasteiger partial charge in [0.05, 0.1) is 27.4 Å². The average molecular weight is 498 g/mol. The van der Waals surface area contributed by atoms with Gasteiger partial charge < -0.3 is 0 Å². The number of aromatic nitrogens is 2. The Hall–Kier alpha value is -3.17. The molecule has 0 unspecified atom stereocenters. The van der Waals surface area contributed by atoms with E-state index in [1.165, 1.54) is 23.5 Å². The molecule has 0 bridgehead atoms. The number of aryl methyl sites for hydroxylation is 1. The van der Waals surface area contributed by atoms with Gasteiger partial charge in [0.15, 0.2) is 15.0 Å². The molecule has 0 spiro atoms. The first-order chi connectivity index (χ1) is 16.4. The molecule has 0 atom stereocenters. The molecule has 4 aromatic rings. The lowest BCUT2D eigenvalue weighted by molar-refractivity contribution is -0.118. The van der Waals surface area contributed by atoms with Gasteiger partial charge in [-0.25, -0.2) is 17.8 Å². The van der Waals surface area contributed by atoms with E-state index < -0.39 is 15.7 Å². The van der Waals surface area contributed by atoms with Crippen molar-refractivity contribution in [1.29, 1.82) is 0 Å². The van der Waals surface area contributed by atoms with E-state index in [2.05, 4.69) is 11.9 Å². The minimum Gasteiger partial charge on any atom is -0.284 e. The summed E-state index contributed by atoms with van der Waals surface area (Å²) >= 11 is 1.44. The first-order valence-electron chi connectivity index (χ1n) is 10.9. The van der Waals surface area contributed by atoms with Crippen molar-refractivity contribution < 1.29 is 17.6 Å². The Kier molecular flexibility index (Phi) is 7.33. The molecule has 0 aliphatic rings. The second-order valence-corrected chi connectivity index (χ2v) is 10.9. The Morgan fingerprint density at radius 1 is 1.09 bits per heavy atom. The molecule has 2 aromatic heterocycles. The molecule has 34 heavy (non-hydrogen) atoms. The monoisotopic (exact) mass is 497 g/mol. The third-order valence-electron chi connectivity index (χ3n) is 5.44. The summed E-state index contributed by atoms with van der Waals surface area (Å²) in [5.74, 6) is -0.914. The summed E-state index contributed by atoms with van der Waals surface area (Å²) in [4.78, 5) is 23.8. The Morgan fingerprint density at radius 2 is 1.88 bits per heavy atom. The fourth-order valence-electron chi connectivity index (χ4n) is 3.64. The number of halogens is 1. The van der Waals surface area contributed by atoms with Crippen LogP contribution in [-0.4, -0.2) is 30.0 Å². The Labute approximate surface area is 202 Å². The number of amides is 1. The van der Waals surface area contributed by atoms with Gasteiger partial charge in [-0.05, 0) is 60.4 Å². The number of rotatable bonds is 9. The van der Waals surface area contributed by atoms with Crippen LogP contribution in [0.25, 0.3) is 10.2 Å². The lowest BCUT2D eigenvalue weighted by Crippen LogP contribution is -2.30. The maximum Gasteiger partial charge on any atom is 0.229 e. The summed E-state index contributed by atoms with van der Waals surface area (Å²) in [6, 6.07) is 14.4. The maximum atomic E-state index is 13.3. The van der Waals surface area contributed by atoms with Gasteiger partial charge in [0.1, 0.15) is 5.82 Å². The predicted molar refractivity (Wildman–Crippen MR) is 132 cm³/mol. The quantitative estimate of drug-likeness (QED) is 0.298. The van der Waals surface area contributed by atoms with Crippen LogP contribution in [0.3, 0.4) is 0 Å². The molecule has 0 N–H and O–H groups in total. The zero-order valence-corrected chi connectivity index (χ0v) is 20.3. The smallest absolute Gasteiger partial charge is 0.229 e. The van der Waals surface area contributed by atoms with Gasteiger partial charge >= 0.3 is 0 Å². The summed E-state index contributed by atoms with van der Waals surface area (Å²) in [6.07, 6.45) is 4.38. The molecule has 0 aliphatic carbocycles. The van der Waals surface area contributed by atoms with E-state index in [0.717, 1.165) is 39.9 Å². The molecule has 2 aromatic carbocycles. The Balaban J connectivity index is 1.54. The number of hydrogen-bond acceptors (Lipinski definition) is 6. The number of sulfone groups is 1. The van der Waals surface area contributed by atoms with Crippen molar-refractivity contribution in [1.82, 2.24) is 9.97 Å². The van der Waals surface area contributed by atoms with Gasteiger partial charge in [-0.1, -0.05) is 36.5 Å². The molecule has 0 radical (unpaired) electrons. The van der Waals surface area contributed by atoms with E-state index in [1.54, 1.807) is 23.4 Å². The molecule has 9 heteroatoms. The van der Waals surface area contributed by atoms with Crippen molar-refractivity contribution in [3.05, 3.63) is 83.9 Å². The number of para-hydroxylation sites is 1. The first kappa shape index (κ1) is 24.0. The largest absolute Gasteiger partial charge is 0.284 e. The molecule has 1 amide bonds. The summed E-state index contributed by atoms with van der Waals surface area (Å²) in [5.41, 5.74) is 2.84. The fourth-order valence-corrected chi connectivity index (χ4v) is 5.98. The third kappa shape index (κ3) is 5.48. The van der Waals surface area contributed by atoms with Gasteiger partial charge in [0, 0.05) is 18.8 Å². The number of carbonyl (C=O) groups is 1. The second kappa shape index (κ2) is 10.4. The van der Waals surface area contributed by atoms with Crippen LogP contribution in [0, 0.1) is 5.82 Å². The van der Waals surface area contributed by atoms with Gasteiger partial charge in [0.25, 0.3) is 0 Å². The molecular formula is C25H24FN3O3S2. The number of carbonyl (C=O) groups excluding carboxylic acids is 1. The molecule has 176 valence electrons. The van der Waals surface area contributed by atoms with Crippen molar-refractivity contribution >= 4 is 42.4 Å². The minimum atomic E-state index is -3.61. The summed E-state index contributed by atoms with van der Waals surface area (Å²) in [6.45, 7) is 2.35. The highest BCUT2D eigenvalue weighted by molar-refractivity contribution is 7.91. The lowest BCUT2D eigenvalue weighted by atomic mass is 10.1. The Bertz CT molecular complexity index is 1390. The van der Waals surface area contributed by atoms with Gasteiger partial charge in [0.2, 0.25) is 5.91 Å². The normalized spacial score (nSPS) is 11.6. The highest BCUT2D eigenvalue weighted by Crippen LogP contribution is 2.32. The SMILES string of the molecule is CCc1cccc2sc(N(Cc3cccnc3)C(=O)CCCS(=O)(=O)c3ccc(F)cc3)nc12. The third-order valence-corrected chi connectivity index (χ3v) is 8.30. The minimum absolute atomic E-state index is 0.0389. The number of benzene rings is 2. The van der Waals surface area contributed by atoms with Gasteiger partial charge in [-0.2, -0.15) is 0 Å². The second-order valence-electron chi connectivity index (χ2n) is 7.83. The van der Waals surface area contributed by atoms with Gasteiger partial charge in [-0.15, -0.1) is 0 Å². The lowest BCUT2D eigenvalue weighted by Gasteiger charge is -2.20. The van der Waals surface area contributed by atoms with E-state index >= 15 is 0 Å². The summed E-state index contributed by atoms with van der Waals surface area (Å²) in [7, 11) is -3.61. The van der Waals surface area contributed by atoms with Crippen molar-refractivity contribution in [3.63, 3.8) is 0 Å². The van der Waals surface area contributed by atoms with Crippen LogP contribution in [0.4, 0.5) is 9.52 Å². The number of anilines is 1. The first-order valence-corrected chi connectivity index (χ1v) is 13.4. The van der Waals surface area contributed by atoms with Crippen LogP contribution in [0.1, 0.15) is 30.9 Å². The number of pyridine rings is 1. The maximum absolute atomic E-state index is 13.3. The number of fused-ring (bicyclic) bond motifs is 1. The molecule has 0 saturated heterocycles. The molecule has 6 nitrogen and oxygen atoms in total. The van der Waals surface area contributed by atoms with Crippen LogP contribution < -0.4 is 4.90 Å². The zero-order chi connectivity index (χ0) is 24.1. The van der Waals surface area contributed by atoms with Crippen molar-refractivity contribution in [2.45, 2.75) is 37.6 Å². The van der Waals surface area contributed by atoms with Crippen LogP contribution in [0.2, 0.25) is 0 Å². The predicted octanol–water partition coefficient (Wildman–Crippen LogP) is 5.18. The van der Waals surface area contributed by atoms with E-state index in [-0.39, 0.29) is 29.4 Å². The highest BCUT2D eigenvalue weighted by atomic mass is 32.2. The Morgan fingerprint density at radius 3 is 2.59 bits per heavy atom. The molecule has 0 saturated carbocycles. The highest BCUT2D eigenvalue weighted by Gasteiger charge is 2.22. The fraction of sp³-hybridized carbons (Fsp3) is 0.240. The van der Waals surface area contributed by atoms with Gasteiger partial charge in [-0.3, -0.25) is 14.7 Å². The zero-order valence-electron chi connectivity index (χ0n) is 18.6. The van der Waals surface area contributed by atoms with E-state index in [0.29, 0.717) is 11.7 Å². The average Bonchev–Trinajstić information content (AvgIpc) is 3.27. The molecular weight excluding hydrogens is 473 g/mol. The van der Waals surface area contributed by atoms with Crippen molar-refractivity contribution in [3.8, 4) is 0 Å². The summed E-state index contributed by atoms with van der Waals surface area (Å²) < 4.78 is 39.3. The van der Waals surface area contributed by atoms with Crippen molar-refractivity contribution in [2.24, 2.45) is 0 Å². The van der Waals surface area contributed by atoms with Crippen LogP contribution in [-0.2, 0) is 27.6 Å². The number of nitrogens with zero attached hydrogens (tertiary/aromatic N) is 3. The number of hydrogen-bond donors (Lipinski definition) is 0. The van der Waals surface area contributed by atoms with E-state index in [4.69, 9.17) is 4.98 Å². The standard InChI is InChI=1S/C25H24FN3O3S2/c1-2-19-7-3-8-22-24(19)28-25(33-22)29(17-18-6-4-14-27-16-18)23(30)9-5-15-34(31,32)21-12-10-20(26)11-13-21/h3-4,6-8,10-14,16H,2,5,9,15,17H2,1H3. The topological polar surface area (TPSA) is 80.2 Å². The molecule has 0 fully saturated rings. The van der Waals surface area contributed by atoms with Crippen LogP contribution >= 0.6 is 11.3 Å².